The van der Waals surface area contributed by atoms with Gasteiger partial charge < -0.3 is 24.6 Å². The van der Waals surface area contributed by atoms with Gasteiger partial charge in [0.25, 0.3) is 0 Å². The molecule has 1 saturated heterocycles. The van der Waals surface area contributed by atoms with Crippen LogP contribution < -0.4 is 9.47 Å². The molecule has 5 atom stereocenters. The molecule has 4 aliphatic rings. The number of aromatic hydroxyl groups is 1. The summed E-state index contributed by atoms with van der Waals surface area (Å²) in [7, 11) is 3.96. The van der Waals surface area contributed by atoms with E-state index in [0.29, 0.717) is 17.7 Å². The van der Waals surface area contributed by atoms with Gasteiger partial charge in [-0.15, -0.1) is 0 Å². The third-order valence-electron chi connectivity index (χ3n) is 7.52. The quantitative estimate of drug-likeness (QED) is 0.777. The Hall–Kier alpha value is -2.24. The van der Waals surface area contributed by atoms with E-state index < -0.39 is 0 Å². The van der Waals surface area contributed by atoms with E-state index in [0.717, 1.165) is 43.7 Å². The highest BCUT2D eigenvalue weighted by Gasteiger charge is 2.65. The first-order valence-corrected chi connectivity index (χ1v) is 10.6. The van der Waals surface area contributed by atoms with Crippen molar-refractivity contribution in [2.75, 3.05) is 20.7 Å². The maximum atomic E-state index is 10.6. The van der Waals surface area contributed by atoms with Crippen LogP contribution in [0.4, 0.5) is 0 Å². The fourth-order valence-electron chi connectivity index (χ4n) is 6.29. The van der Waals surface area contributed by atoms with Gasteiger partial charge in [0.1, 0.15) is 11.9 Å². The van der Waals surface area contributed by atoms with Gasteiger partial charge in [0.15, 0.2) is 11.5 Å². The van der Waals surface area contributed by atoms with Crippen LogP contribution in [0.3, 0.4) is 0 Å². The molecule has 2 aromatic carbocycles. The zero-order chi connectivity index (χ0) is 20.2. The second kappa shape index (κ2) is 6.92. The summed E-state index contributed by atoms with van der Waals surface area (Å²) in [6.07, 6.45) is 3.69. The number of phenolic OH excluding ortho intramolecular Hbond substituents is 1. The van der Waals surface area contributed by atoms with Crippen molar-refractivity contribution < 1.29 is 19.7 Å². The normalized spacial score (nSPS) is 33.8. The van der Waals surface area contributed by atoms with Gasteiger partial charge in [0, 0.05) is 17.0 Å². The SMILES string of the molecule is COc1ccc2c3c1O[C@H]1[C@@H](O)CC[C@H]4[C@@H](C2)N(C)CC[C@@]341.Oc1ccccc1. The summed E-state index contributed by atoms with van der Waals surface area (Å²) in [5.41, 5.74) is 2.77. The smallest absolute Gasteiger partial charge is 0.165 e. The molecule has 1 spiro atoms. The number of likely N-dealkylation sites (N-methyl/N-ethyl adjacent to an activating group) is 1. The van der Waals surface area contributed by atoms with E-state index in [4.69, 9.17) is 14.6 Å². The van der Waals surface area contributed by atoms with Crippen molar-refractivity contribution in [1.82, 2.24) is 4.90 Å². The number of methoxy groups -OCH3 is 1. The fraction of sp³-hybridized carbons (Fsp3) is 0.500. The zero-order valence-electron chi connectivity index (χ0n) is 17.0. The molecule has 5 heteroatoms. The number of phenols is 1. The van der Waals surface area contributed by atoms with Crippen molar-refractivity contribution in [1.29, 1.82) is 0 Å². The van der Waals surface area contributed by atoms with E-state index in [9.17, 15) is 5.11 Å². The lowest BCUT2D eigenvalue weighted by Crippen LogP contribution is -2.66. The van der Waals surface area contributed by atoms with E-state index >= 15 is 0 Å². The van der Waals surface area contributed by atoms with Crippen LogP contribution in [0.15, 0.2) is 42.5 Å². The average molecular weight is 395 g/mol. The Kier molecular flexibility index (Phi) is 4.48. The lowest BCUT2D eigenvalue weighted by atomic mass is 9.51. The maximum absolute atomic E-state index is 10.6. The molecule has 154 valence electrons. The highest BCUT2D eigenvalue weighted by Crippen LogP contribution is 2.63. The summed E-state index contributed by atoms with van der Waals surface area (Å²) in [4.78, 5) is 2.52. The molecule has 0 unspecified atom stereocenters. The Morgan fingerprint density at radius 2 is 1.93 bits per heavy atom. The Balaban J connectivity index is 0.000000222. The molecule has 2 aliphatic carbocycles. The van der Waals surface area contributed by atoms with Gasteiger partial charge >= 0.3 is 0 Å². The first-order valence-electron chi connectivity index (χ1n) is 10.6. The number of hydrogen-bond donors (Lipinski definition) is 2. The number of aliphatic hydroxyl groups excluding tert-OH is 1. The minimum Gasteiger partial charge on any atom is -0.508 e. The maximum Gasteiger partial charge on any atom is 0.165 e. The molecule has 6 rings (SSSR count). The average Bonchev–Trinajstić information content (AvgIpc) is 3.09. The van der Waals surface area contributed by atoms with Crippen LogP contribution >= 0.6 is 0 Å². The topological polar surface area (TPSA) is 62.2 Å². The van der Waals surface area contributed by atoms with E-state index in [1.165, 1.54) is 11.1 Å². The van der Waals surface area contributed by atoms with Crippen molar-refractivity contribution in [3.63, 3.8) is 0 Å². The van der Waals surface area contributed by atoms with E-state index in [-0.39, 0.29) is 17.6 Å². The number of rotatable bonds is 1. The van der Waals surface area contributed by atoms with Crippen molar-refractivity contribution in [3.05, 3.63) is 53.6 Å². The molecule has 2 fully saturated rings. The Labute approximate surface area is 171 Å². The number of aliphatic hydroxyl groups is 1. The largest absolute Gasteiger partial charge is 0.508 e. The molecule has 0 amide bonds. The van der Waals surface area contributed by atoms with Crippen LogP contribution in [-0.2, 0) is 11.8 Å². The minimum absolute atomic E-state index is 0.00625. The second-order valence-corrected chi connectivity index (χ2v) is 8.80. The molecule has 2 heterocycles. The monoisotopic (exact) mass is 395 g/mol. The van der Waals surface area contributed by atoms with Gasteiger partial charge in [-0.25, -0.2) is 0 Å². The Bertz CT molecular complexity index is 901. The molecule has 2 bridgehead atoms. The summed E-state index contributed by atoms with van der Waals surface area (Å²) in [6.45, 7) is 1.09. The molecule has 29 heavy (non-hydrogen) atoms. The van der Waals surface area contributed by atoms with Crippen molar-refractivity contribution in [3.8, 4) is 17.2 Å². The Morgan fingerprint density at radius 3 is 2.62 bits per heavy atom. The Morgan fingerprint density at radius 1 is 1.14 bits per heavy atom. The first kappa shape index (κ1) is 18.8. The van der Waals surface area contributed by atoms with Crippen LogP contribution in [0.5, 0.6) is 17.2 Å². The molecule has 1 saturated carbocycles. The predicted octanol–water partition coefficient (Wildman–Crippen LogP) is 3.12. The van der Waals surface area contributed by atoms with Crippen LogP contribution in [0.1, 0.15) is 30.4 Å². The summed E-state index contributed by atoms with van der Waals surface area (Å²) in [6, 6.07) is 13.5. The number of ether oxygens (including phenoxy) is 2. The highest BCUT2D eigenvalue weighted by atomic mass is 16.5. The van der Waals surface area contributed by atoms with E-state index in [2.05, 4.69) is 18.0 Å². The lowest BCUT2D eigenvalue weighted by Gasteiger charge is -2.58. The van der Waals surface area contributed by atoms with Crippen molar-refractivity contribution in [2.24, 2.45) is 5.92 Å². The number of benzene rings is 2. The molecular weight excluding hydrogens is 366 g/mol. The summed E-state index contributed by atoms with van der Waals surface area (Å²) in [5, 5.41) is 19.3. The van der Waals surface area contributed by atoms with Crippen LogP contribution in [0, 0.1) is 5.92 Å². The lowest BCUT2D eigenvalue weighted by molar-refractivity contribution is -0.0993. The summed E-state index contributed by atoms with van der Waals surface area (Å²) >= 11 is 0. The number of piperidine rings is 1. The van der Waals surface area contributed by atoms with Crippen LogP contribution in [0.2, 0.25) is 0 Å². The minimum atomic E-state index is -0.358. The molecule has 0 radical (unpaired) electrons. The molecule has 2 aliphatic heterocycles. The number of likely N-dealkylation sites (tertiary alicyclic amines) is 1. The third-order valence-corrected chi connectivity index (χ3v) is 7.52. The van der Waals surface area contributed by atoms with Crippen LogP contribution in [0.25, 0.3) is 0 Å². The van der Waals surface area contributed by atoms with E-state index in [1.54, 1.807) is 31.4 Å². The molecule has 5 nitrogen and oxygen atoms in total. The molecular formula is C24H29NO4. The number of hydrogen-bond acceptors (Lipinski definition) is 5. The van der Waals surface area contributed by atoms with Gasteiger partial charge in [-0.1, -0.05) is 24.3 Å². The molecule has 2 N–H and O–H groups in total. The molecule has 2 aromatic rings. The highest BCUT2D eigenvalue weighted by molar-refractivity contribution is 5.61. The van der Waals surface area contributed by atoms with Gasteiger partial charge in [0.2, 0.25) is 0 Å². The second-order valence-electron chi connectivity index (χ2n) is 8.80. The van der Waals surface area contributed by atoms with Gasteiger partial charge in [0.05, 0.1) is 13.2 Å². The number of para-hydroxylation sites is 1. The van der Waals surface area contributed by atoms with Crippen molar-refractivity contribution in [2.45, 2.75) is 49.3 Å². The number of nitrogens with zero attached hydrogens (tertiary/aromatic N) is 1. The van der Waals surface area contributed by atoms with Crippen LogP contribution in [-0.4, -0.2) is 54.1 Å². The standard InChI is InChI=1S/C18H23NO3.C6H6O/c1-19-8-7-18-11-4-5-13(20)17(18)22-16-14(21-2)6-3-10(15(16)18)9-12(11)19;7-6-4-2-1-3-5-6/h3,6,11-13,17,20H,4-5,7-9H2,1-2H3;1-5,7H/t11-,12+,13-,17-,18-;/m0./s1. The third kappa shape index (κ3) is 2.67. The summed E-state index contributed by atoms with van der Waals surface area (Å²) in [5.74, 6) is 2.66. The first-order chi connectivity index (χ1) is 14.1. The summed E-state index contributed by atoms with van der Waals surface area (Å²) < 4.78 is 11.9. The predicted molar refractivity (Wildman–Crippen MR) is 111 cm³/mol. The van der Waals surface area contributed by atoms with Gasteiger partial charge in [-0.2, -0.15) is 0 Å². The molecule has 0 aromatic heterocycles. The van der Waals surface area contributed by atoms with Gasteiger partial charge in [-0.3, -0.25) is 0 Å². The van der Waals surface area contributed by atoms with Crippen molar-refractivity contribution >= 4 is 0 Å². The zero-order valence-corrected chi connectivity index (χ0v) is 17.0. The van der Waals surface area contributed by atoms with Gasteiger partial charge in [-0.05, 0) is 69.0 Å². The fourth-order valence-corrected chi connectivity index (χ4v) is 6.29. The van der Waals surface area contributed by atoms with E-state index in [1.807, 2.05) is 12.1 Å².